The van der Waals surface area contributed by atoms with E-state index in [9.17, 15) is 0 Å². The number of aromatic nitrogens is 2. The highest BCUT2D eigenvalue weighted by Crippen LogP contribution is 2.25. The second-order valence-corrected chi connectivity index (χ2v) is 4.77. The molecular weight excluding hydrogens is 234 g/mol. The average molecular weight is 249 g/mol. The Morgan fingerprint density at radius 2 is 1.68 bits per heavy atom. The van der Waals surface area contributed by atoms with Gasteiger partial charge in [0.15, 0.2) is 0 Å². The molecule has 19 heavy (non-hydrogen) atoms. The first-order valence-electron chi connectivity index (χ1n) is 6.24. The molecule has 0 aliphatic rings. The molecule has 3 aromatic rings. The molecule has 0 aliphatic carbocycles. The van der Waals surface area contributed by atoms with Gasteiger partial charge >= 0.3 is 0 Å². The van der Waals surface area contributed by atoms with Crippen molar-refractivity contribution in [1.29, 1.82) is 0 Å². The number of aryl methyl sites for hydroxylation is 2. The van der Waals surface area contributed by atoms with Gasteiger partial charge in [0.05, 0.1) is 11.2 Å². The second kappa shape index (κ2) is 4.35. The van der Waals surface area contributed by atoms with Gasteiger partial charge in [0.2, 0.25) is 5.95 Å². The van der Waals surface area contributed by atoms with E-state index in [-0.39, 0.29) is 0 Å². The number of hydrogen-bond donors (Lipinski definition) is 1. The maximum Gasteiger partial charge on any atom is 0.220 e. The van der Waals surface area contributed by atoms with E-state index >= 15 is 0 Å². The smallest absolute Gasteiger partial charge is 0.220 e. The first kappa shape index (κ1) is 11.7. The maximum absolute atomic E-state index is 5.67. The van der Waals surface area contributed by atoms with Gasteiger partial charge in [-0.3, -0.25) is 0 Å². The molecule has 2 N–H and O–H groups in total. The van der Waals surface area contributed by atoms with Crippen LogP contribution in [0.25, 0.3) is 22.0 Å². The van der Waals surface area contributed by atoms with E-state index in [0.29, 0.717) is 5.95 Å². The molecule has 3 rings (SSSR count). The van der Waals surface area contributed by atoms with Gasteiger partial charge < -0.3 is 5.73 Å². The summed E-state index contributed by atoms with van der Waals surface area (Å²) >= 11 is 0. The Balaban J connectivity index is 2.22. The lowest BCUT2D eigenvalue weighted by Crippen LogP contribution is -1.97. The monoisotopic (exact) mass is 249 g/mol. The van der Waals surface area contributed by atoms with Gasteiger partial charge in [-0.25, -0.2) is 9.97 Å². The number of fused-ring (bicyclic) bond motifs is 1. The molecule has 0 fully saturated rings. The first-order valence-corrected chi connectivity index (χ1v) is 6.24. The van der Waals surface area contributed by atoms with E-state index in [4.69, 9.17) is 5.73 Å². The molecule has 0 saturated carbocycles. The fourth-order valence-electron chi connectivity index (χ4n) is 2.31. The van der Waals surface area contributed by atoms with E-state index in [1.807, 2.05) is 13.0 Å². The van der Waals surface area contributed by atoms with Crippen LogP contribution in [0.5, 0.6) is 0 Å². The molecule has 0 saturated heterocycles. The summed E-state index contributed by atoms with van der Waals surface area (Å²) in [5, 5.41) is 1.05. The Kier molecular flexibility index (Phi) is 2.67. The van der Waals surface area contributed by atoms with Crippen LogP contribution in [0.1, 0.15) is 11.3 Å². The molecule has 0 unspecified atom stereocenters. The fraction of sp³-hybridized carbons (Fsp3) is 0.125. The largest absolute Gasteiger partial charge is 0.368 e. The zero-order valence-electron chi connectivity index (χ0n) is 11.0. The van der Waals surface area contributed by atoms with Crippen molar-refractivity contribution in [3.63, 3.8) is 0 Å². The summed E-state index contributed by atoms with van der Waals surface area (Å²) in [5.41, 5.74) is 11.1. The van der Waals surface area contributed by atoms with Gasteiger partial charge in [-0.05, 0) is 37.1 Å². The third-order valence-electron chi connectivity index (χ3n) is 3.26. The van der Waals surface area contributed by atoms with E-state index in [1.54, 1.807) is 0 Å². The Morgan fingerprint density at radius 1 is 0.895 bits per heavy atom. The highest BCUT2D eigenvalue weighted by Gasteiger charge is 2.05. The normalized spacial score (nSPS) is 10.8. The lowest BCUT2D eigenvalue weighted by molar-refractivity contribution is 1.17. The van der Waals surface area contributed by atoms with Gasteiger partial charge in [-0.15, -0.1) is 0 Å². The number of nitrogen functional groups attached to an aromatic ring is 1. The molecule has 0 atom stereocenters. The van der Waals surface area contributed by atoms with Crippen molar-refractivity contribution in [3.8, 4) is 11.1 Å². The molecule has 0 spiro atoms. The van der Waals surface area contributed by atoms with Crippen molar-refractivity contribution >= 4 is 16.9 Å². The van der Waals surface area contributed by atoms with Crippen LogP contribution < -0.4 is 5.73 Å². The lowest BCUT2D eigenvalue weighted by atomic mass is 10.0. The molecule has 94 valence electrons. The second-order valence-electron chi connectivity index (χ2n) is 4.77. The van der Waals surface area contributed by atoms with Gasteiger partial charge in [0, 0.05) is 5.39 Å². The Labute approximate surface area is 112 Å². The minimum atomic E-state index is 0.327. The van der Waals surface area contributed by atoms with Gasteiger partial charge in [0.25, 0.3) is 0 Å². The molecule has 2 aromatic carbocycles. The zero-order valence-corrected chi connectivity index (χ0v) is 11.0. The molecule has 1 heterocycles. The van der Waals surface area contributed by atoms with Crippen molar-refractivity contribution in [2.45, 2.75) is 13.8 Å². The molecule has 0 amide bonds. The number of benzene rings is 2. The van der Waals surface area contributed by atoms with Crippen molar-refractivity contribution in [3.05, 3.63) is 53.7 Å². The van der Waals surface area contributed by atoms with Gasteiger partial charge in [0.1, 0.15) is 0 Å². The lowest BCUT2D eigenvalue weighted by Gasteiger charge is -2.07. The molecule has 0 bridgehead atoms. The summed E-state index contributed by atoms with van der Waals surface area (Å²) in [4.78, 5) is 8.48. The summed E-state index contributed by atoms with van der Waals surface area (Å²) < 4.78 is 0. The van der Waals surface area contributed by atoms with Crippen LogP contribution in [0.4, 0.5) is 5.95 Å². The minimum absolute atomic E-state index is 0.327. The maximum atomic E-state index is 5.67. The highest BCUT2D eigenvalue weighted by molar-refractivity contribution is 5.86. The topological polar surface area (TPSA) is 51.8 Å². The van der Waals surface area contributed by atoms with Crippen LogP contribution >= 0.6 is 0 Å². The van der Waals surface area contributed by atoms with Crippen molar-refractivity contribution in [2.24, 2.45) is 0 Å². The van der Waals surface area contributed by atoms with Crippen molar-refractivity contribution in [1.82, 2.24) is 9.97 Å². The van der Waals surface area contributed by atoms with E-state index < -0.39 is 0 Å². The third kappa shape index (κ3) is 2.15. The van der Waals surface area contributed by atoms with Crippen LogP contribution in [0, 0.1) is 13.8 Å². The number of anilines is 1. The predicted octanol–water partition coefficient (Wildman–Crippen LogP) is 3.50. The summed E-state index contributed by atoms with van der Waals surface area (Å²) in [6, 6.07) is 14.6. The van der Waals surface area contributed by atoms with Crippen LogP contribution in [-0.2, 0) is 0 Å². The minimum Gasteiger partial charge on any atom is -0.368 e. The van der Waals surface area contributed by atoms with Gasteiger partial charge in [-0.1, -0.05) is 35.9 Å². The number of nitrogens with zero attached hydrogens (tertiary/aromatic N) is 2. The Bertz CT molecular complexity index is 763. The average Bonchev–Trinajstić information content (AvgIpc) is 2.38. The predicted molar refractivity (Wildman–Crippen MR) is 78.9 cm³/mol. The van der Waals surface area contributed by atoms with E-state index in [0.717, 1.165) is 16.6 Å². The van der Waals surface area contributed by atoms with Crippen LogP contribution in [-0.4, -0.2) is 9.97 Å². The number of nitrogens with two attached hydrogens (primary N) is 1. The molecular formula is C16H15N3. The van der Waals surface area contributed by atoms with Crippen LogP contribution in [0.2, 0.25) is 0 Å². The van der Waals surface area contributed by atoms with Gasteiger partial charge in [-0.2, -0.15) is 0 Å². The first-order chi connectivity index (χ1) is 9.13. The van der Waals surface area contributed by atoms with Crippen molar-refractivity contribution in [2.75, 3.05) is 5.73 Å². The Morgan fingerprint density at radius 3 is 2.47 bits per heavy atom. The standard InChI is InChI=1S/C16H15N3/c1-10-4-3-5-12(8-10)13-6-7-15-14(9-13)11(2)18-16(17)19-15/h3-9H,1-2H3,(H2,17,18,19). The van der Waals surface area contributed by atoms with Crippen LogP contribution in [0.15, 0.2) is 42.5 Å². The third-order valence-corrected chi connectivity index (χ3v) is 3.26. The SMILES string of the molecule is Cc1cccc(-c2ccc3nc(N)nc(C)c3c2)c1. The summed E-state index contributed by atoms with van der Waals surface area (Å²) in [7, 11) is 0. The molecule has 3 heteroatoms. The fourth-order valence-corrected chi connectivity index (χ4v) is 2.31. The number of hydrogen-bond acceptors (Lipinski definition) is 3. The highest BCUT2D eigenvalue weighted by atomic mass is 15.0. The zero-order chi connectivity index (χ0) is 13.4. The number of rotatable bonds is 1. The molecule has 0 radical (unpaired) electrons. The summed E-state index contributed by atoms with van der Waals surface area (Å²) in [6.45, 7) is 4.06. The quantitative estimate of drug-likeness (QED) is 0.718. The molecule has 0 aliphatic heterocycles. The van der Waals surface area contributed by atoms with Crippen molar-refractivity contribution < 1.29 is 0 Å². The van der Waals surface area contributed by atoms with E-state index in [1.165, 1.54) is 16.7 Å². The van der Waals surface area contributed by atoms with Crippen LogP contribution in [0.3, 0.4) is 0 Å². The summed E-state index contributed by atoms with van der Waals surface area (Å²) in [5.74, 6) is 0.327. The molecule has 3 nitrogen and oxygen atoms in total. The molecule has 1 aromatic heterocycles. The Hall–Kier alpha value is -2.42. The summed E-state index contributed by atoms with van der Waals surface area (Å²) in [6.07, 6.45) is 0. The van der Waals surface area contributed by atoms with E-state index in [2.05, 4.69) is 53.3 Å².